The van der Waals surface area contributed by atoms with Gasteiger partial charge in [0.05, 0.1) is 13.8 Å². The molecular formula is C29H29F2NO3S. The van der Waals surface area contributed by atoms with Gasteiger partial charge in [0.25, 0.3) is 0 Å². The quantitative estimate of drug-likeness (QED) is 0.380. The van der Waals surface area contributed by atoms with Gasteiger partial charge in [0, 0.05) is 41.9 Å². The van der Waals surface area contributed by atoms with E-state index in [-0.39, 0.29) is 24.3 Å². The molecule has 0 radical (unpaired) electrons. The number of rotatable bonds is 8. The molecule has 0 aliphatic carbocycles. The van der Waals surface area contributed by atoms with E-state index in [1.54, 1.807) is 36.0 Å². The van der Waals surface area contributed by atoms with Crippen LogP contribution >= 0.6 is 11.8 Å². The predicted molar refractivity (Wildman–Crippen MR) is 140 cm³/mol. The zero-order valence-electron chi connectivity index (χ0n) is 20.2. The van der Waals surface area contributed by atoms with Crippen molar-refractivity contribution in [1.82, 2.24) is 4.90 Å². The van der Waals surface area contributed by atoms with E-state index in [4.69, 9.17) is 9.47 Å². The Morgan fingerprint density at radius 2 is 1.81 bits per heavy atom. The normalized spacial score (nSPS) is 17.8. The van der Waals surface area contributed by atoms with E-state index in [1.165, 1.54) is 13.2 Å². The van der Waals surface area contributed by atoms with E-state index in [2.05, 4.69) is 4.90 Å². The number of phenolic OH excluding ortho intramolecular Hbond substituents is 1. The van der Waals surface area contributed by atoms with Gasteiger partial charge >= 0.3 is 0 Å². The second-order valence-corrected chi connectivity index (χ2v) is 10.1. The third-order valence-corrected chi connectivity index (χ3v) is 7.77. The first-order valence-corrected chi connectivity index (χ1v) is 13.1. The summed E-state index contributed by atoms with van der Waals surface area (Å²) >= 11 is 1.58. The minimum absolute atomic E-state index is 0.0911. The third-order valence-electron chi connectivity index (χ3n) is 6.69. The molecule has 0 saturated carbocycles. The number of nitrogens with zero attached hydrogens (tertiary/aromatic N) is 1. The smallest absolute Gasteiger partial charge is 0.134 e. The summed E-state index contributed by atoms with van der Waals surface area (Å²) in [4.78, 5) is 3.20. The number of likely N-dealkylation sites (tertiary alicyclic amines) is 1. The minimum Gasteiger partial charge on any atom is -0.508 e. The standard InChI is InChI=1S/C29H29F2NO3S/c1-34-22-8-10-24(27(31)16-22)26-18-36-28-15-20(33)5-9-25(28)29(26)19-3-6-21(7-4-19)35-23-11-14-32(17-23)13-2-12-30/h3-10,15-16,23,33H,2,11-14,17-18H2,1H3/t23-/m0/s1. The molecule has 3 aromatic carbocycles. The van der Waals surface area contributed by atoms with E-state index in [1.807, 2.05) is 30.3 Å². The van der Waals surface area contributed by atoms with Gasteiger partial charge in [0.1, 0.15) is 29.2 Å². The number of benzene rings is 3. The fraction of sp³-hybridized carbons (Fsp3) is 0.310. The maximum Gasteiger partial charge on any atom is 0.134 e. The number of fused-ring (bicyclic) bond motifs is 1. The maximum absolute atomic E-state index is 15.1. The summed E-state index contributed by atoms with van der Waals surface area (Å²) in [6, 6.07) is 18.2. The third kappa shape index (κ3) is 5.22. The first-order chi connectivity index (χ1) is 17.6. The Balaban J connectivity index is 1.46. The predicted octanol–water partition coefficient (Wildman–Crippen LogP) is 6.42. The molecule has 188 valence electrons. The number of halogens is 2. The van der Waals surface area contributed by atoms with Crippen molar-refractivity contribution in [2.75, 3.05) is 39.2 Å². The average Bonchev–Trinajstić information content (AvgIpc) is 3.34. The molecule has 1 saturated heterocycles. The first kappa shape index (κ1) is 24.7. The highest BCUT2D eigenvalue weighted by atomic mass is 32.2. The lowest BCUT2D eigenvalue weighted by Gasteiger charge is -2.25. The van der Waals surface area contributed by atoms with Crippen LogP contribution in [0.15, 0.2) is 65.6 Å². The highest BCUT2D eigenvalue weighted by molar-refractivity contribution is 7.99. The van der Waals surface area contributed by atoms with Gasteiger partial charge in [-0.15, -0.1) is 11.8 Å². The Morgan fingerprint density at radius 3 is 2.56 bits per heavy atom. The van der Waals surface area contributed by atoms with Crippen LogP contribution in [-0.2, 0) is 0 Å². The molecule has 0 spiro atoms. The van der Waals surface area contributed by atoms with E-state index in [0.29, 0.717) is 23.5 Å². The summed E-state index contributed by atoms with van der Waals surface area (Å²) < 4.78 is 39.0. The van der Waals surface area contributed by atoms with Gasteiger partial charge < -0.3 is 14.6 Å². The Kier molecular flexibility index (Phi) is 7.48. The van der Waals surface area contributed by atoms with E-state index in [0.717, 1.165) is 59.0 Å². The lowest BCUT2D eigenvalue weighted by Crippen LogP contribution is -2.26. The van der Waals surface area contributed by atoms with Crippen LogP contribution in [0.25, 0.3) is 11.1 Å². The largest absolute Gasteiger partial charge is 0.508 e. The molecule has 4 nitrogen and oxygen atoms in total. The number of methoxy groups -OCH3 is 1. The van der Waals surface area contributed by atoms with Crippen molar-refractivity contribution in [2.24, 2.45) is 0 Å². The molecule has 2 aliphatic rings. The molecule has 1 atom stereocenters. The number of phenols is 1. The van der Waals surface area contributed by atoms with Crippen molar-refractivity contribution in [3.63, 3.8) is 0 Å². The number of alkyl halides is 1. The first-order valence-electron chi connectivity index (χ1n) is 12.1. The van der Waals surface area contributed by atoms with Crippen molar-refractivity contribution in [3.8, 4) is 17.2 Å². The second-order valence-electron chi connectivity index (χ2n) is 9.06. The molecule has 1 N–H and O–H groups in total. The van der Waals surface area contributed by atoms with Crippen molar-refractivity contribution in [1.29, 1.82) is 0 Å². The summed E-state index contributed by atoms with van der Waals surface area (Å²) in [7, 11) is 1.52. The Labute approximate surface area is 214 Å². The van der Waals surface area contributed by atoms with Gasteiger partial charge in [-0.3, -0.25) is 9.29 Å². The molecule has 3 aromatic rings. The van der Waals surface area contributed by atoms with Gasteiger partial charge in [-0.2, -0.15) is 0 Å². The van der Waals surface area contributed by atoms with Crippen LogP contribution in [0.4, 0.5) is 8.78 Å². The minimum atomic E-state index is -0.330. The van der Waals surface area contributed by atoms with Gasteiger partial charge in [-0.05, 0) is 77.6 Å². The number of aromatic hydroxyl groups is 1. The second kappa shape index (κ2) is 10.9. The van der Waals surface area contributed by atoms with Gasteiger partial charge in [0.15, 0.2) is 0 Å². The number of hydrogen-bond donors (Lipinski definition) is 1. The zero-order valence-corrected chi connectivity index (χ0v) is 21.0. The molecule has 36 heavy (non-hydrogen) atoms. The molecule has 7 heteroatoms. The Hall–Kier alpha value is -3.03. The van der Waals surface area contributed by atoms with Crippen molar-refractivity contribution >= 4 is 22.9 Å². The van der Waals surface area contributed by atoms with Gasteiger partial charge in [-0.25, -0.2) is 4.39 Å². The molecule has 2 heterocycles. The van der Waals surface area contributed by atoms with Crippen LogP contribution in [-0.4, -0.2) is 55.3 Å². The molecule has 1 fully saturated rings. The van der Waals surface area contributed by atoms with Crippen LogP contribution in [0.1, 0.15) is 29.5 Å². The van der Waals surface area contributed by atoms with Crippen LogP contribution < -0.4 is 9.47 Å². The maximum atomic E-state index is 15.1. The van der Waals surface area contributed by atoms with Crippen LogP contribution in [0.3, 0.4) is 0 Å². The number of ether oxygens (including phenoxy) is 2. The molecule has 0 bridgehead atoms. The molecule has 0 aromatic heterocycles. The summed E-state index contributed by atoms with van der Waals surface area (Å²) in [5, 5.41) is 10.0. The molecule has 0 unspecified atom stereocenters. The monoisotopic (exact) mass is 509 g/mol. The van der Waals surface area contributed by atoms with Crippen molar-refractivity contribution in [2.45, 2.75) is 23.8 Å². The topological polar surface area (TPSA) is 41.9 Å². The van der Waals surface area contributed by atoms with Crippen LogP contribution in [0.5, 0.6) is 17.2 Å². The highest BCUT2D eigenvalue weighted by Gasteiger charge is 2.26. The number of thioether (sulfide) groups is 1. The molecule has 5 rings (SSSR count). The van der Waals surface area contributed by atoms with Crippen LogP contribution in [0.2, 0.25) is 0 Å². The fourth-order valence-corrected chi connectivity index (χ4v) is 6.03. The highest BCUT2D eigenvalue weighted by Crippen LogP contribution is 2.46. The summed E-state index contributed by atoms with van der Waals surface area (Å²) in [5.74, 6) is 1.71. The zero-order chi connectivity index (χ0) is 25.1. The lowest BCUT2D eigenvalue weighted by molar-refractivity contribution is 0.198. The molecule has 2 aliphatic heterocycles. The number of hydrogen-bond acceptors (Lipinski definition) is 5. The van der Waals surface area contributed by atoms with Crippen LogP contribution in [0, 0.1) is 5.82 Å². The van der Waals surface area contributed by atoms with Gasteiger partial charge in [0.2, 0.25) is 0 Å². The Morgan fingerprint density at radius 1 is 1.03 bits per heavy atom. The Bertz CT molecular complexity index is 1260. The lowest BCUT2D eigenvalue weighted by atomic mass is 9.89. The van der Waals surface area contributed by atoms with E-state index < -0.39 is 0 Å². The fourth-order valence-electron chi connectivity index (χ4n) is 4.90. The summed E-state index contributed by atoms with van der Waals surface area (Å²) in [6.45, 7) is 2.21. The summed E-state index contributed by atoms with van der Waals surface area (Å²) in [6.07, 6.45) is 1.58. The average molecular weight is 510 g/mol. The summed E-state index contributed by atoms with van der Waals surface area (Å²) in [5.41, 5.74) is 4.29. The van der Waals surface area contributed by atoms with Crippen molar-refractivity contribution in [3.05, 3.63) is 83.2 Å². The van der Waals surface area contributed by atoms with E-state index >= 15 is 4.39 Å². The van der Waals surface area contributed by atoms with Gasteiger partial charge in [-0.1, -0.05) is 12.1 Å². The molecular weight excluding hydrogens is 480 g/mol. The molecule has 0 amide bonds. The SMILES string of the molecule is COc1ccc(C2=C(c3ccc(O[C@H]4CCN(CCCF)C4)cc3)c3ccc(O)cc3SC2)c(F)c1. The van der Waals surface area contributed by atoms with E-state index in [9.17, 15) is 9.50 Å². The van der Waals surface area contributed by atoms with Crippen molar-refractivity contribution < 1.29 is 23.4 Å².